The van der Waals surface area contributed by atoms with Crippen molar-refractivity contribution in [3.63, 3.8) is 0 Å². The van der Waals surface area contributed by atoms with Crippen LogP contribution < -0.4 is 10.5 Å². The third kappa shape index (κ3) is 3.02. The van der Waals surface area contributed by atoms with Crippen molar-refractivity contribution in [1.29, 1.82) is 0 Å². The highest BCUT2D eigenvalue weighted by atomic mass is 32.2. The maximum absolute atomic E-state index is 12.4. The van der Waals surface area contributed by atoms with Gasteiger partial charge in [0.15, 0.2) is 5.76 Å². The van der Waals surface area contributed by atoms with Gasteiger partial charge in [0.1, 0.15) is 0 Å². The maximum atomic E-state index is 12.4. The minimum atomic E-state index is -3.97. The number of carbonyl (C=O) groups excluding carboxylic acids is 1. The fourth-order valence-corrected chi connectivity index (χ4v) is 3.48. The van der Waals surface area contributed by atoms with Crippen molar-refractivity contribution in [3.05, 3.63) is 52.3 Å². The Balaban J connectivity index is 1.83. The molecule has 1 heterocycles. The van der Waals surface area contributed by atoms with Crippen LogP contribution >= 0.6 is 0 Å². The predicted molar refractivity (Wildman–Crippen MR) is 84.5 cm³/mol. The van der Waals surface area contributed by atoms with Gasteiger partial charge in [0, 0.05) is 11.6 Å². The molecule has 2 aromatic rings. The number of benzene rings is 1. The molecule has 1 amide bonds. The van der Waals surface area contributed by atoms with Crippen LogP contribution in [0.2, 0.25) is 0 Å². The van der Waals surface area contributed by atoms with Crippen molar-refractivity contribution in [2.24, 2.45) is 5.14 Å². The van der Waals surface area contributed by atoms with Crippen LogP contribution in [-0.2, 0) is 16.4 Å². The van der Waals surface area contributed by atoms with Gasteiger partial charge in [-0.2, -0.15) is 0 Å². The molecule has 0 spiro atoms. The molecule has 1 atom stereocenters. The molecule has 0 fully saturated rings. The molecule has 1 aliphatic carbocycles. The fraction of sp³-hybridized carbons (Fsp3) is 0.312. The molecule has 0 bridgehead atoms. The first kappa shape index (κ1) is 15.8. The summed E-state index contributed by atoms with van der Waals surface area (Å²) in [4.78, 5) is 12.4. The first-order chi connectivity index (χ1) is 10.8. The number of aryl methyl sites for hydroxylation is 3. The lowest BCUT2D eigenvalue weighted by Gasteiger charge is -2.13. The van der Waals surface area contributed by atoms with E-state index in [1.165, 1.54) is 17.2 Å². The standard InChI is InChI=1S/C16H18N2O4S/c1-9-3-5-12-11(7-9)4-6-13(12)18-16(19)15-10(2)8-14(22-15)23(17,20)21/h3,5,7-8,13H,4,6H2,1-2H3,(H,18,19)(H2,17,20,21)/t13-/m1/s1. The number of hydrogen-bond donors (Lipinski definition) is 2. The molecule has 122 valence electrons. The zero-order chi connectivity index (χ0) is 16.8. The molecule has 3 N–H and O–H groups in total. The first-order valence-electron chi connectivity index (χ1n) is 7.29. The summed E-state index contributed by atoms with van der Waals surface area (Å²) in [5.74, 6) is -0.453. The highest BCUT2D eigenvalue weighted by Crippen LogP contribution is 2.32. The van der Waals surface area contributed by atoms with E-state index >= 15 is 0 Å². The van der Waals surface area contributed by atoms with Gasteiger partial charge >= 0.3 is 0 Å². The lowest BCUT2D eigenvalue weighted by Crippen LogP contribution is -2.27. The van der Waals surface area contributed by atoms with E-state index in [2.05, 4.69) is 11.4 Å². The summed E-state index contributed by atoms with van der Waals surface area (Å²) in [5.41, 5.74) is 3.96. The number of fused-ring (bicyclic) bond motifs is 1. The van der Waals surface area contributed by atoms with Crippen molar-refractivity contribution in [2.45, 2.75) is 37.8 Å². The van der Waals surface area contributed by atoms with Gasteiger partial charge in [0.25, 0.3) is 15.9 Å². The van der Waals surface area contributed by atoms with Crippen LogP contribution in [0.25, 0.3) is 0 Å². The molecule has 0 radical (unpaired) electrons. The van der Waals surface area contributed by atoms with Crippen molar-refractivity contribution in [2.75, 3.05) is 0 Å². The van der Waals surface area contributed by atoms with Crippen LogP contribution in [0.15, 0.2) is 33.8 Å². The van der Waals surface area contributed by atoms with E-state index in [4.69, 9.17) is 9.56 Å². The van der Waals surface area contributed by atoms with Gasteiger partial charge in [-0.15, -0.1) is 0 Å². The first-order valence-corrected chi connectivity index (χ1v) is 8.84. The number of hydrogen-bond acceptors (Lipinski definition) is 4. The summed E-state index contributed by atoms with van der Waals surface area (Å²) in [6.45, 7) is 3.65. The van der Waals surface area contributed by atoms with E-state index in [1.54, 1.807) is 6.92 Å². The minimum Gasteiger partial charge on any atom is -0.438 e. The highest BCUT2D eigenvalue weighted by Gasteiger charge is 2.27. The largest absolute Gasteiger partial charge is 0.438 e. The van der Waals surface area contributed by atoms with Gasteiger partial charge in [-0.05, 0) is 37.8 Å². The lowest BCUT2D eigenvalue weighted by atomic mass is 10.1. The monoisotopic (exact) mass is 334 g/mol. The van der Waals surface area contributed by atoms with E-state index < -0.39 is 21.0 Å². The number of nitrogens with two attached hydrogens (primary N) is 1. The Morgan fingerprint density at radius 1 is 1.30 bits per heavy atom. The number of nitrogens with one attached hydrogen (secondary N) is 1. The quantitative estimate of drug-likeness (QED) is 0.895. The third-order valence-corrected chi connectivity index (χ3v) is 4.83. The lowest BCUT2D eigenvalue weighted by molar-refractivity contribution is 0.0902. The smallest absolute Gasteiger partial charge is 0.287 e. The zero-order valence-electron chi connectivity index (χ0n) is 12.9. The Bertz CT molecular complexity index is 883. The predicted octanol–water partition coefficient (Wildman–Crippen LogP) is 1.96. The van der Waals surface area contributed by atoms with Gasteiger partial charge in [-0.1, -0.05) is 23.8 Å². The summed E-state index contributed by atoms with van der Waals surface area (Å²) < 4.78 is 27.8. The molecule has 1 aromatic heterocycles. The topological polar surface area (TPSA) is 102 Å². The Labute approximate surface area is 134 Å². The van der Waals surface area contributed by atoms with E-state index in [0.717, 1.165) is 18.4 Å². The van der Waals surface area contributed by atoms with Gasteiger partial charge in [0.05, 0.1) is 6.04 Å². The van der Waals surface area contributed by atoms with Crippen LogP contribution in [0.3, 0.4) is 0 Å². The number of sulfonamides is 1. The van der Waals surface area contributed by atoms with Gasteiger partial charge < -0.3 is 9.73 Å². The second-order valence-corrected chi connectivity index (χ2v) is 7.38. The summed E-state index contributed by atoms with van der Waals surface area (Å²) in [6.07, 6.45) is 1.72. The molecule has 23 heavy (non-hydrogen) atoms. The summed E-state index contributed by atoms with van der Waals surface area (Å²) in [6, 6.07) is 7.32. The van der Waals surface area contributed by atoms with Crippen LogP contribution in [0.1, 0.15) is 45.3 Å². The SMILES string of the molecule is Cc1ccc2c(c1)CC[C@H]2NC(=O)c1oc(S(N)(=O)=O)cc1C. The van der Waals surface area contributed by atoms with Crippen molar-refractivity contribution < 1.29 is 17.6 Å². The average Bonchev–Trinajstić information content (AvgIpc) is 3.02. The molecule has 0 unspecified atom stereocenters. The molecule has 3 rings (SSSR count). The van der Waals surface area contributed by atoms with Crippen LogP contribution in [0.4, 0.5) is 0 Å². The summed E-state index contributed by atoms with van der Waals surface area (Å²) >= 11 is 0. The van der Waals surface area contributed by atoms with Gasteiger partial charge in [-0.3, -0.25) is 4.79 Å². The Morgan fingerprint density at radius 3 is 2.70 bits per heavy atom. The second kappa shape index (κ2) is 5.50. The molecule has 1 aliphatic rings. The molecule has 0 saturated carbocycles. The number of furan rings is 1. The molecular formula is C16H18N2O4S. The number of rotatable bonds is 3. The summed E-state index contributed by atoms with van der Waals surface area (Å²) in [5, 5.41) is 7.53. The van der Waals surface area contributed by atoms with Crippen molar-refractivity contribution >= 4 is 15.9 Å². The molecule has 0 saturated heterocycles. The van der Waals surface area contributed by atoms with Crippen LogP contribution in [0, 0.1) is 13.8 Å². The fourth-order valence-electron chi connectivity index (χ4n) is 2.94. The molecular weight excluding hydrogens is 316 g/mol. The van der Waals surface area contributed by atoms with E-state index in [1.807, 2.05) is 19.1 Å². The van der Waals surface area contributed by atoms with Crippen molar-refractivity contribution in [1.82, 2.24) is 5.32 Å². The number of carbonyl (C=O) groups is 1. The van der Waals surface area contributed by atoms with E-state index in [9.17, 15) is 13.2 Å². The zero-order valence-corrected chi connectivity index (χ0v) is 13.7. The summed E-state index contributed by atoms with van der Waals surface area (Å²) in [7, 11) is -3.97. The van der Waals surface area contributed by atoms with E-state index in [0.29, 0.717) is 5.56 Å². The second-order valence-electron chi connectivity index (χ2n) is 5.89. The normalized spacial score (nSPS) is 17.1. The van der Waals surface area contributed by atoms with Crippen LogP contribution in [0.5, 0.6) is 0 Å². The van der Waals surface area contributed by atoms with E-state index in [-0.39, 0.29) is 11.8 Å². The molecule has 0 aliphatic heterocycles. The van der Waals surface area contributed by atoms with Crippen LogP contribution in [-0.4, -0.2) is 14.3 Å². The Hall–Kier alpha value is -2.12. The Morgan fingerprint density at radius 2 is 2.04 bits per heavy atom. The maximum Gasteiger partial charge on any atom is 0.287 e. The molecule has 1 aromatic carbocycles. The minimum absolute atomic E-state index is 0.0189. The molecule has 6 nitrogen and oxygen atoms in total. The molecule has 7 heteroatoms. The number of primary sulfonamides is 1. The van der Waals surface area contributed by atoms with Gasteiger partial charge in [-0.25, -0.2) is 13.6 Å². The third-order valence-electron chi connectivity index (χ3n) is 4.06. The average molecular weight is 334 g/mol. The van der Waals surface area contributed by atoms with Gasteiger partial charge in [0.2, 0.25) is 5.09 Å². The highest BCUT2D eigenvalue weighted by molar-refractivity contribution is 7.89. The Kier molecular flexibility index (Phi) is 3.77. The number of amides is 1. The van der Waals surface area contributed by atoms with Crippen molar-refractivity contribution in [3.8, 4) is 0 Å².